The average Bonchev–Trinajstić information content (AvgIpc) is 2.76. The van der Waals surface area contributed by atoms with Crippen LogP contribution in [0.15, 0.2) is 66.7 Å². The number of carbonyl (C=O) groups is 2. The second kappa shape index (κ2) is 9.69. The lowest BCUT2D eigenvalue weighted by molar-refractivity contribution is 0.0820. The molecule has 1 aromatic heterocycles. The van der Waals surface area contributed by atoms with E-state index in [0.29, 0.717) is 30.1 Å². The summed E-state index contributed by atoms with van der Waals surface area (Å²) < 4.78 is 5.74. The fourth-order valence-electron chi connectivity index (χ4n) is 2.86. The molecule has 0 bridgehead atoms. The van der Waals surface area contributed by atoms with E-state index in [4.69, 9.17) is 4.74 Å². The van der Waals surface area contributed by atoms with Crippen LogP contribution in [0.25, 0.3) is 0 Å². The van der Waals surface area contributed by atoms with Gasteiger partial charge in [-0.3, -0.25) is 9.59 Å². The van der Waals surface area contributed by atoms with Crippen molar-refractivity contribution in [3.63, 3.8) is 0 Å². The summed E-state index contributed by atoms with van der Waals surface area (Å²) in [5.41, 5.74) is 3.33. The minimum absolute atomic E-state index is 0.193. The number of rotatable bonds is 7. The monoisotopic (exact) mass is 403 g/mol. The molecule has 0 radical (unpaired) electrons. The second-order valence-electron chi connectivity index (χ2n) is 7.13. The SMILES string of the molecule is Cc1nc(C(=O)N(C)C)ccc1C(=O)NCc1ccc(COc2ccccc2)cc1. The summed E-state index contributed by atoms with van der Waals surface area (Å²) in [5, 5.41) is 2.90. The van der Waals surface area contributed by atoms with Gasteiger partial charge >= 0.3 is 0 Å². The van der Waals surface area contributed by atoms with Gasteiger partial charge in [-0.15, -0.1) is 0 Å². The van der Waals surface area contributed by atoms with Gasteiger partial charge in [-0.05, 0) is 42.3 Å². The summed E-state index contributed by atoms with van der Waals surface area (Å²) in [7, 11) is 3.33. The molecule has 0 aliphatic heterocycles. The molecule has 154 valence electrons. The van der Waals surface area contributed by atoms with Crippen molar-refractivity contribution in [2.24, 2.45) is 0 Å². The van der Waals surface area contributed by atoms with Crippen molar-refractivity contribution in [1.29, 1.82) is 0 Å². The number of benzene rings is 2. The molecule has 1 heterocycles. The zero-order valence-corrected chi connectivity index (χ0v) is 17.4. The molecule has 1 N–H and O–H groups in total. The maximum absolute atomic E-state index is 12.5. The Kier molecular flexibility index (Phi) is 6.80. The first-order valence-electron chi connectivity index (χ1n) is 9.67. The second-order valence-corrected chi connectivity index (χ2v) is 7.13. The van der Waals surface area contributed by atoms with Gasteiger partial charge in [-0.2, -0.15) is 0 Å². The van der Waals surface area contributed by atoms with Crippen LogP contribution in [0, 0.1) is 6.92 Å². The van der Waals surface area contributed by atoms with Crippen LogP contribution in [0.2, 0.25) is 0 Å². The fourth-order valence-corrected chi connectivity index (χ4v) is 2.86. The van der Waals surface area contributed by atoms with Crippen molar-refractivity contribution < 1.29 is 14.3 Å². The number of aryl methyl sites for hydroxylation is 1. The van der Waals surface area contributed by atoms with Gasteiger partial charge in [0.2, 0.25) is 0 Å². The number of para-hydroxylation sites is 1. The molecule has 30 heavy (non-hydrogen) atoms. The highest BCUT2D eigenvalue weighted by Gasteiger charge is 2.15. The molecular weight excluding hydrogens is 378 g/mol. The van der Waals surface area contributed by atoms with Crippen molar-refractivity contribution in [3.8, 4) is 5.75 Å². The van der Waals surface area contributed by atoms with E-state index in [1.165, 1.54) is 4.90 Å². The average molecular weight is 403 g/mol. The van der Waals surface area contributed by atoms with E-state index in [9.17, 15) is 9.59 Å². The van der Waals surface area contributed by atoms with Crippen molar-refractivity contribution in [3.05, 3.63) is 94.8 Å². The number of hydrogen-bond acceptors (Lipinski definition) is 4. The van der Waals surface area contributed by atoms with Crippen LogP contribution in [0.3, 0.4) is 0 Å². The van der Waals surface area contributed by atoms with Crippen LogP contribution < -0.4 is 10.1 Å². The third kappa shape index (κ3) is 5.44. The predicted molar refractivity (Wildman–Crippen MR) is 115 cm³/mol. The van der Waals surface area contributed by atoms with Crippen LogP contribution in [-0.2, 0) is 13.2 Å². The highest BCUT2D eigenvalue weighted by molar-refractivity contribution is 5.97. The Morgan fingerprint density at radius 3 is 2.23 bits per heavy atom. The summed E-state index contributed by atoms with van der Waals surface area (Å²) in [6.45, 7) is 2.61. The normalized spacial score (nSPS) is 10.4. The van der Waals surface area contributed by atoms with Gasteiger partial charge in [0.25, 0.3) is 11.8 Å². The molecule has 6 heteroatoms. The summed E-state index contributed by atoms with van der Waals surface area (Å²) in [5.74, 6) is 0.415. The Hall–Kier alpha value is -3.67. The molecule has 3 aromatic rings. The molecule has 0 unspecified atom stereocenters. The topological polar surface area (TPSA) is 71.5 Å². The quantitative estimate of drug-likeness (QED) is 0.654. The van der Waals surface area contributed by atoms with Crippen LogP contribution in [-0.4, -0.2) is 35.8 Å². The molecule has 6 nitrogen and oxygen atoms in total. The largest absolute Gasteiger partial charge is 0.489 e. The van der Waals surface area contributed by atoms with Gasteiger partial charge in [-0.25, -0.2) is 4.98 Å². The van der Waals surface area contributed by atoms with Gasteiger partial charge in [0.15, 0.2) is 0 Å². The molecule has 0 atom stereocenters. The minimum Gasteiger partial charge on any atom is -0.489 e. The number of pyridine rings is 1. The number of nitrogens with zero attached hydrogens (tertiary/aromatic N) is 2. The van der Waals surface area contributed by atoms with Crippen molar-refractivity contribution >= 4 is 11.8 Å². The Labute approximate surface area is 176 Å². The van der Waals surface area contributed by atoms with E-state index in [1.54, 1.807) is 33.2 Å². The molecule has 0 spiro atoms. The molecular formula is C24H25N3O3. The fraction of sp³-hybridized carbons (Fsp3) is 0.208. The van der Waals surface area contributed by atoms with Crippen molar-refractivity contribution in [2.45, 2.75) is 20.1 Å². The lowest BCUT2D eigenvalue weighted by atomic mass is 10.1. The van der Waals surface area contributed by atoms with Gasteiger partial charge in [0.05, 0.1) is 11.3 Å². The van der Waals surface area contributed by atoms with E-state index in [0.717, 1.165) is 16.9 Å². The van der Waals surface area contributed by atoms with Gasteiger partial charge in [-0.1, -0.05) is 42.5 Å². The van der Waals surface area contributed by atoms with Gasteiger partial charge in [0.1, 0.15) is 18.1 Å². The minimum atomic E-state index is -0.222. The number of carbonyl (C=O) groups excluding carboxylic acids is 2. The van der Waals surface area contributed by atoms with Crippen molar-refractivity contribution in [1.82, 2.24) is 15.2 Å². The van der Waals surface area contributed by atoms with Crippen LogP contribution in [0.4, 0.5) is 0 Å². The highest BCUT2D eigenvalue weighted by Crippen LogP contribution is 2.13. The Bertz CT molecular complexity index is 1020. The summed E-state index contributed by atoms with van der Waals surface area (Å²) in [4.78, 5) is 30.2. The van der Waals surface area contributed by atoms with Crippen LogP contribution in [0.5, 0.6) is 5.75 Å². The summed E-state index contributed by atoms with van der Waals surface area (Å²) in [6.07, 6.45) is 0. The van der Waals surface area contributed by atoms with E-state index in [2.05, 4.69) is 10.3 Å². The third-order valence-electron chi connectivity index (χ3n) is 4.58. The number of nitrogens with one attached hydrogen (secondary N) is 1. The van der Waals surface area contributed by atoms with E-state index in [1.807, 2.05) is 54.6 Å². The lowest BCUT2D eigenvalue weighted by Crippen LogP contribution is -2.26. The number of hydrogen-bond donors (Lipinski definition) is 1. The molecule has 0 aliphatic carbocycles. The number of amides is 2. The number of ether oxygens (including phenoxy) is 1. The highest BCUT2D eigenvalue weighted by atomic mass is 16.5. The zero-order valence-electron chi connectivity index (χ0n) is 17.4. The first-order chi connectivity index (χ1) is 14.4. The summed E-state index contributed by atoms with van der Waals surface area (Å²) in [6, 6.07) is 20.8. The predicted octanol–water partition coefficient (Wildman–Crippen LogP) is 3.60. The van der Waals surface area contributed by atoms with E-state index >= 15 is 0 Å². The maximum Gasteiger partial charge on any atom is 0.271 e. The van der Waals surface area contributed by atoms with E-state index < -0.39 is 0 Å². The Balaban J connectivity index is 1.55. The first kappa shape index (κ1) is 21.0. The molecule has 0 saturated heterocycles. The maximum atomic E-state index is 12.5. The molecule has 0 aliphatic rings. The molecule has 2 aromatic carbocycles. The van der Waals surface area contributed by atoms with E-state index in [-0.39, 0.29) is 11.8 Å². The third-order valence-corrected chi connectivity index (χ3v) is 4.58. The smallest absolute Gasteiger partial charge is 0.271 e. The van der Waals surface area contributed by atoms with Crippen LogP contribution in [0.1, 0.15) is 37.7 Å². The summed E-state index contributed by atoms with van der Waals surface area (Å²) >= 11 is 0. The first-order valence-corrected chi connectivity index (χ1v) is 9.67. The molecule has 3 rings (SSSR count). The molecule has 0 fully saturated rings. The molecule has 2 amide bonds. The van der Waals surface area contributed by atoms with Crippen molar-refractivity contribution in [2.75, 3.05) is 14.1 Å². The van der Waals surface area contributed by atoms with Crippen LogP contribution >= 0.6 is 0 Å². The van der Waals surface area contributed by atoms with Gasteiger partial charge < -0.3 is 15.0 Å². The number of aromatic nitrogens is 1. The Morgan fingerprint density at radius 2 is 1.60 bits per heavy atom. The van der Waals surface area contributed by atoms with Gasteiger partial charge in [0, 0.05) is 20.6 Å². The Morgan fingerprint density at radius 1 is 0.933 bits per heavy atom. The lowest BCUT2D eigenvalue weighted by Gasteiger charge is -2.12. The molecule has 0 saturated carbocycles. The zero-order chi connectivity index (χ0) is 21.5. The standard InChI is InChI=1S/C24H25N3O3/c1-17-21(13-14-22(26-17)24(29)27(2)3)23(28)25-15-18-9-11-19(12-10-18)16-30-20-7-5-4-6-8-20/h4-14H,15-16H2,1-3H3,(H,25,28).